The molecule has 1 aliphatic heterocycles. The van der Waals surface area contributed by atoms with E-state index in [1.165, 1.54) is 16.7 Å². The lowest BCUT2D eigenvalue weighted by Gasteiger charge is -2.27. The minimum absolute atomic E-state index is 0.0332. The first-order valence-corrected chi connectivity index (χ1v) is 7.60. The molecule has 2 aliphatic rings. The van der Waals surface area contributed by atoms with Crippen LogP contribution in [0.3, 0.4) is 0 Å². The monoisotopic (exact) mass is 287 g/mol. The first-order chi connectivity index (χ1) is 10.0. The van der Waals surface area contributed by atoms with Gasteiger partial charge in [-0.1, -0.05) is 18.2 Å². The number of hydrogen-bond donors (Lipinski definition) is 1. The van der Waals surface area contributed by atoms with Gasteiger partial charge in [-0.25, -0.2) is 0 Å². The molecule has 4 nitrogen and oxygen atoms in total. The summed E-state index contributed by atoms with van der Waals surface area (Å²) in [5, 5.41) is 9.01. The number of aliphatic carboxylic acids is 1. The minimum atomic E-state index is -0.837. The average Bonchev–Trinajstić information content (AvgIpc) is 3.12. The van der Waals surface area contributed by atoms with Gasteiger partial charge < -0.3 is 10.0 Å². The second kappa shape index (κ2) is 5.17. The number of rotatable bonds is 3. The summed E-state index contributed by atoms with van der Waals surface area (Å²) < 4.78 is 0. The Labute approximate surface area is 124 Å². The maximum Gasteiger partial charge on any atom is 0.307 e. The van der Waals surface area contributed by atoms with E-state index in [9.17, 15) is 9.59 Å². The van der Waals surface area contributed by atoms with Crippen molar-refractivity contribution in [2.24, 2.45) is 11.8 Å². The van der Waals surface area contributed by atoms with Crippen LogP contribution in [0, 0.1) is 25.7 Å². The zero-order chi connectivity index (χ0) is 15.1. The topological polar surface area (TPSA) is 57.6 Å². The van der Waals surface area contributed by atoms with Crippen molar-refractivity contribution in [1.29, 1.82) is 0 Å². The number of amides is 1. The molecule has 1 aromatic rings. The van der Waals surface area contributed by atoms with Gasteiger partial charge in [0.05, 0.1) is 17.9 Å². The molecule has 1 heterocycles. The van der Waals surface area contributed by atoms with E-state index in [0.717, 1.165) is 19.4 Å². The minimum Gasteiger partial charge on any atom is -0.481 e. The summed E-state index contributed by atoms with van der Waals surface area (Å²) in [6.45, 7) is 4.93. The SMILES string of the molecule is Cc1cccc([C@@H]2CCCN2C(=O)[C@H]2C[C@@H]2C(=O)O)c1C. The summed E-state index contributed by atoms with van der Waals surface area (Å²) in [6, 6.07) is 6.34. The van der Waals surface area contributed by atoms with E-state index >= 15 is 0 Å². The zero-order valence-electron chi connectivity index (χ0n) is 12.5. The summed E-state index contributed by atoms with van der Waals surface area (Å²) in [7, 11) is 0. The van der Waals surface area contributed by atoms with Gasteiger partial charge >= 0.3 is 5.97 Å². The van der Waals surface area contributed by atoms with Crippen molar-refractivity contribution < 1.29 is 14.7 Å². The highest BCUT2D eigenvalue weighted by Gasteiger charge is 2.51. The predicted molar refractivity (Wildman–Crippen MR) is 78.8 cm³/mol. The predicted octanol–water partition coefficient (Wildman–Crippen LogP) is 2.69. The van der Waals surface area contributed by atoms with Gasteiger partial charge in [-0.05, 0) is 49.8 Å². The second-order valence-electron chi connectivity index (χ2n) is 6.27. The molecule has 0 aromatic heterocycles. The summed E-state index contributed by atoms with van der Waals surface area (Å²) in [6.07, 6.45) is 2.47. The molecule has 0 bridgehead atoms. The van der Waals surface area contributed by atoms with Crippen molar-refractivity contribution >= 4 is 11.9 Å². The summed E-state index contributed by atoms with van der Waals surface area (Å²) in [4.78, 5) is 25.4. The molecule has 0 radical (unpaired) electrons. The molecule has 0 unspecified atom stereocenters. The molecule has 3 atom stereocenters. The fourth-order valence-electron chi connectivity index (χ4n) is 3.44. The van der Waals surface area contributed by atoms with Gasteiger partial charge in [0, 0.05) is 6.54 Å². The van der Waals surface area contributed by atoms with E-state index in [-0.39, 0.29) is 17.9 Å². The van der Waals surface area contributed by atoms with Gasteiger partial charge in [-0.2, -0.15) is 0 Å². The standard InChI is InChI=1S/C17H21NO3/c1-10-5-3-6-12(11(10)2)15-7-4-8-18(15)16(19)13-9-14(13)17(20)21/h3,5-6,13-15H,4,7-9H2,1-2H3,(H,20,21)/t13-,14-,15-/m0/s1. The van der Waals surface area contributed by atoms with Crippen LogP contribution in [-0.2, 0) is 9.59 Å². The van der Waals surface area contributed by atoms with Crippen LogP contribution < -0.4 is 0 Å². The lowest BCUT2D eigenvalue weighted by molar-refractivity contribution is -0.142. The van der Waals surface area contributed by atoms with Gasteiger partial charge in [-0.3, -0.25) is 9.59 Å². The third-order valence-electron chi connectivity index (χ3n) is 4.97. The van der Waals surface area contributed by atoms with Crippen molar-refractivity contribution in [3.05, 3.63) is 34.9 Å². The number of carbonyl (C=O) groups is 2. The molecule has 2 fully saturated rings. The Morgan fingerprint density at radius 1 is 1.24 bits per heavy atom. The fraction of sp³-hybridized carbons (Fsp3) is 0.529. The van der Waals surface area contributed by atoms with Crippen LogP contribution >= 0.6 is 0 Å². The molecular formula is C17H21NO3. The number of aryl methyl sites for hydroxylation is 1. The maximum absolute atomic E-state index is 12.6. The quantitative estimate of drug-likeness (QED) is 0.930. The van der Waals surface area contributed by atoms with Crippen LogP contribution in [0.15, 0.2) is 18.2 Å². The number of carboxylic acid groups (broad SMARTS) is 1. The molecule has 112 valence electrons. The van der Waals surface area contributed by atoms with Crippen LogP contribution in [0.25, 0.3) is 0 Å². The average molecular weight is 287 g/mol. The van der Waals surface area contributed by atoms with E-state index in [0.29, 0.717) is 6.42 Å². The Morgan fingerprint density at radius 2 is 2.00 bits per heavy atom. The molecule has 1 aromatic carbocycles. The number of likely N-dealkylation sites (tertiary alicyclic amines) is 1. The van der Waals surface area contributed by atoms with Crippen molar-refractivity contribution in [2.75, 3.05) is 6.54 Å². The first kappa shape index (κ1) is 14.1. The Hall–Kier alpha value is -1.84. The molecule has 1 saturated heterocycles. The number of benzene rings is 1. The fourth-order valence-corrected chi connectivity index (χ4v) is 3.44. The van der Waals surface area contributed by atoms with Gasteiger partial charge in [0.1, 0.15) is 0 Å². The van der Waals surface area contributed by atoms with Gasteiger partial charge in [-0.15, -0.1) is 0 Å². The third-order valence-corrected chi connectivity index (χ3v) is 4.97. The van der Waals surface area contributed by atoms with Crippen molar-refractivity contribution in [3.63, 3.8) is 0 Å². The second-order valence-corrected chi connectivity index (χ2v) is 6.27. The first-order valence-electron chi connectivity index (χ1n) is 7.60. The van der Waals surface area contributed by atoms with Crippen molar-refractivity contribution in [1.82, 2.24) is 4.90 Å². The highest BCUT2D eigenvalue weighted by atomic mass is 16.4. The van der Waals surface area contributed by atoms with E-state index in [2.05, 4.69) is 26.0 Å². The van der Waals surface area contributed by atoms with E-state index < -0.39 is 11.9 Å². The Morgan fingerprint density at radius 3 is 2.67 bits per heavy atom. The van der Waals surface area contributed by atoms with Crippen LogP contribution in [0.1, 0.15) is 42.0 Å². The van der Waals surface area contributed by atoms with Gasteiger partial charge in [0.15, 0.2) is 0 Å². The van der Waals surface area contributed by atoms with Crippen LogP contribution in [0.5, 0.6) is 0 Å². The van der Waals surface area contributed by atoms with Crippen molar-refractivity contribution in [2.45, 2.75) is 39.2 Å². The number of nitrogens with zero attached hydrogens (tertiary/aromatic N) is 1. The maximum atomic E-state index is 12.6. The summed E-state index contributed by atoms with van der Waals surface area (Å²) in [5.41, 5.74) is 3.70. The molecule has 3 rings (SSSR count). The van der Waals surface area contributed by atoms with E-state index in [1.807, 2.05) is 11.0 Å². The summed E-state index contributed by atoms with van der Waals surface area (Å²) in [5.74, 6) is -1.56. The Kier molecular flexibility index (Phi) is 3.47. The summed E-state index contributed by atoms with van der Waals surface area (Å²) >= 11 is 0. The van der Waals surface area contributed by atoms with Crippen LogP contribution in [0.2, 0.25) is 0 Å². The Balaban J connectivity index is 1.82. The molecule has 4 heteroatoms. The molecule has 21 heavy (non-hydrogen) atoms. The van der Waals surface area contributed by atoms with Gasteiger partial charge in [0.2, 0.25) is 5.91 Å². The highest BCUT2D eigenvalue weighted by molar-refractivity contribution is 5.89. The smallest absolute Gasteiger partial charge is 0.307 e. The number of carbonyl (C=O) groups excluding carboxylic acids is 1. The molecule has 1 amide bonds. The normalized spacial score (nSPS) is 27.7. The molecular weight excluding hydrogens is 266 g/mol. The van der Waals surface area contributed by atoms with E-state index in [1.54, 1.807) is 0 Å². The molecule has 0 spiro atoms. The van der Waals surface area contributed by atoms with Crippen molar-refractivity contribution in [3.8, 4) is 0 Å². The lowest BCUT2D eigenvalue weighted by atomic mass is 9.96. The molecule has 1 aliphatic carbocycles. The van der Waals surface area contributed by atoms with Crippen LogP contribution in [-0.4, -0.2) is 28.4 Å². The zero-order valence-corrected chi connectivity index (χ0v) is 12.5. The van der Waals surface area contributed by atoms with E-state index in [4.69, 9.17) is 5.11 Å². The largest absolute Gasteiger partial charge is 0.481 e. The molecule has 1 saturated carbocycles. The molecule has 1 N–H and O–H groups in total. The number of carboxylic acids is 1. The highest BCUT2D eigenvalue weighted by Crippen LogP contribution is 2.44. The number of hydrogen-bond acceptors (Lipinski definition) is 2. The lowest BCUT2D eigenvalue weighted by Crippen LogP contribution is -2.33. The Bertz CT molecular complexity index is 596. The van der Waals surface area contributed by atoms with Crippen LogP contribution in [0.4, 0.5) is 0 Å². The van der Waals surface area contributed by atoms with Gasteiger partial charge in [0.25, 0.3) is 0 Å². The third kappa shape index (κ3) is 2.43.